The van der Waals surface area contributed by atoms with E-state index >= 15 is 0 Å². The number of nitrogens with two attached hydrogens (primary N) is 1. The number of phosphoric acid groups is 1. The van der Waals surface area contributed by atoms with Crippen molar-refractivity contribution in [1.29, 1.82) is 0 Å². The summed E-state index contributed by atoms with van der Waals surface area (Å²) in [4.78, 5) is 29.0. The summed E-state index contributed by atoms with van der Waals surface area (Å²) in [6.07, 6.45) is -2.94. The molecule has 1 aliphatic heterocycles. The molecule has 0 unspecified atom stereocenters. The Morgan fingerprint density at radius 3 is 2.63 bits per heavy atom. The lowest BCUT2D eigenvalue weighted by Crippen LogP contribution is -2.33. The highest BCUT2D eigenvalue weighted by Crippen LogP contribution is 2.57. The van der Waals surface area contributed by atoms with Crippen molar-refractivity contribution >= 4 is 39.8 Å². The number of rotatable bonds is 6. The van der Waals surface area contributed by atoms with Gasteiger partial charge in [0.2, 0.25) is 7.57 Å². The van der Waals surface area contributed by atoms with Crippen LogP contribution in [0.2, 0.25) is 0 Å². The van der Waals surface area contributed by atoms with Gasteiger partial charge >= 0.3 is 7.82 Å². The zero-order valence-corrected chi connectivity index (χ0v) is 15.1. The zero-order valence-electron chi connectivity index (χ0n) is 13.3. The molecule has 0 amide bonds. The fourth-order valence-corrected chi connectivity index (χ4v) is 4.23. The van der Waals surface area contributed by atoms with Gasteiger partial charge in [-0.25, -0.2) is 23.8 Å². The first-order chi connectivity index (χ1) is 12.5. The van der Waals surface area contributed by atoms with Crippen molar-refractivity contribution in [3.63, 3.8) is 0 Å². The van der Waals surface area contributed by atoms with Crippen molar-refractivity contribution in [1.82, 2.24) is 19.5 Å². The van der Waals surface area contributed by atoms with Crippen molar-refractivity contribution in [2.75, 3.05) is 12.3 Å². The van der Waals surface area contributed by atoms with E-state index in [2.05, 4.69) is 23.8 Å². The molecule has 27 heavy (non-hydrogen) atoms. The maximum Gasteiger partial charge on any atom is 0.476 e. The van der Waals surface area contributed by atoms with Crippen molar-refractivity contribution in [3.8, 4) is 0 Å². The predicted octanol–water partition coefficient (Wildman–Crippen LogP) is -1.57. The first-order valence-electron chi connectivity index (χ1n) is 7.23. The third kappa shape index (κ3) is 4.37. The fourth-order valence-electron chi connectivity index (χ4n) is 2.50. The van der Waals surface area contributed by atoms with E-state index in [0.717, 1.165) is 0 Å². The maximum absolute atomic E-state index is 11.7. The van der Waals surface area contributed by atoms with E-state index in [1.807, 2.05) is 0 Å². The zero-order chi connectivity index (χ0) is 20.0. The molecular formula is C10H14BN5O9P2. The van der Waals surface area contributed by atoms with Gasteiger partial charge in [0.05, 0.1) is 12.9 Å². The minimum atomic E-state index is -5.16. The summed E-state index contributed by atoms with van der Waals surface area (Å²) < 4.78 is 37.7. The van der Waals surface area contributed by atoms with Gasteiger partial charge in [-0.05, 0) is 0 Å². The number of aliphatic hydroxyl groups excluding tert-OH is 2. The second kappa shape index (κ2) is 7.20. The normalized spacial score (nSPS) is 28.4. The van der Waals surface area contributed by atoms with E-state index in [1.54, 1.807) is 0 Å². The molecule has 2 aromatic heterocycles. The van der Waals surface area contributed by atoms with E-state index in [9.17, 15) is 19.3 Å². The Morgan fingerprint density at radius 2 is 1.96 bits per heavy atom. The monoisotopic (exact) mass is 421 g/mol. The molecule has 6 N–H and O–H groups in total. The molecule has 2 radical (unpaired) electrons. The van der Waals surface area contributed by atoms with Gasteiger partial charge in [0.25, 0.3) is 7.47 Å². The highest BCUT2D eigenvalue weighted by Gasteiger charge is 2.45. The Morgan fingerprint density at radius 1 is 1.26 bits per heavy atom. The highest BCUT2D eigenvalue weighted by molar-refractivity contribution is 7.83. The third-order valence-electron chi connectivity index (χ3n) is 3.64. The Bertz CT molecular complexity index is 937. The molecule has 17 heteroatoms. The number of nitrogens with zero attached hydrogens (tertiary/aromatic N) is 4. The summed E-state index contributed by atoms with van der Waals surface area (Å²) in [6, 6.07) is 0. The van der Waals surface area contributed by atoms with E-state index < -0.39 is 46.4 Å². The SMILES string of the molecule is [B][P@@](=O)(OC[C@H]1O[C@@H](n2cnc3c(N)ncnc32)[C@H](O)[C@@H]1O)OP(=O)(O)O. The number of anilines is 1. The van der Waals surface area contributed by atoms with Gasteiger partial charge in [0.15, 0.2) is 17.7 Å². The summed E-state index contributed by atoms with van der Waals surface area (Å²) in [5.41, 5.74) is 6.17. The molecule has 1 aliphatic rings. The minimum Gasteiger partial charge on any atom is -0.387 e. The smallest absolute Gasteiger partial charge is 0.387 e. The average Bonchev–Trinajstić information content (AvgIpc) is 3.07. The Labute approximate surface area is 152 Å². The van der Waals surface area contributed by atoms with Crippen molar-refractivity contribution < 1.29 is 42.7 Å². The van der Waals surface area contributed by atoms with Crippen LogP contribution in [0.25, 0.3) is 11.2 Å². The van der Waals surface area contributed by atoms with Crippen molar-refractivity contribution in [2.45, 2.75) is 24.5 Å². The van der Waals surface area contributed by atoms with Crippen LogP contribution in [0.3, 0.4) is 0 Å². The van der Waals surface area contributed by atoms with E-state index in [4.69, 9.17) is 27.8 Å². The van der Waals surface area contributed by atoms with Crippen molar-refractivity contribution in [2.24, 2.45) is 0 Å². The number of ether oxygens (including phenoxy) is 1. The second-order valence-corrected chi connectivity index (χ2v) is 8.51. The number of hydrogen-bond donors (Lipinski definition) is 5. The molecule has 0 spiro atoms. The molecule has 14 nitrogen and oxygen atoms in total. The van der Waals surface area contributed by atoms with Gasteiger partial charge in [-0.3, -0.25) is 9.13 Å². The first kappa shape index (κ1) is 20.3. The number of hydrogen-bond acceptors (Lipinski definition) is 11. The molecule has 0 bridgehead atoms. The molecule has 0 aliphatic carbocycles. The fraction of sp³-hybridized carbons (Fsp3) is 0.500. The molecule has 146 valence electrons. The second-order valence-electron chi connectivity index (χ2n) is 5.54. The molecule has 3 heterocycles. The molecule has 2 aromatic rings. The van der Waals surface area contributed by atoms with Crippen LogP contribution in [-0.4, -0.2) is 72.0 Å². The molecular weight excluding hydrogens is 407 g/mol. The van der Waals surface area contributed by atoms with E-state index in [0.29, 0.717) is 0 Å². The van der Waals surface area contributed by atoms with E-state index in [-0.39, 0.29) is 17.0 Å². The number of fused-ring (bicyclic) bond motifs is 1. The van der Waals surface area contributed by atoms with Crippen LogP contribution in [-0.2, 0) is 22.7 Å². The summed E-state index contributed by atoms with van der Waals surface area (Å²) >= 11 is 0. The minimum absolute atomic E-state index is 0.102. The molecule has 5 atom stereocenters. The number of aliphatic hydroxyl groups is 2. The number of imidazole rings is 1. The largest absolute Gasteiger partial charge is 0.476 e. The van der Waals surface area contributed by atoms with Crippen LogP contribution in [0.1, 0.15) is 6.23 Å². The lowest BCUT2D eigenvalue weighted by Gasteiger charge is -2.19. The molecule has 0 saturated carbocycles. The van der Waals surface area contributed by atoms with Gasteiger partial charge < -0.3 is 35.0 Å². The number of nitrogen functional groups attached to an aromatic ring is 1. The van der Waals surface area contributed by atoms with Crippen LogP contribution in [0.5, 0.6) is 0 Å². The molecule has 0 aromatic carbocycles. The van der Waals surface area contributed by atoms with Gasteiger partial charge in [-0.1, -0.05) is 0 Å². The Hall–Kier alpha value is -1.41. The quantitative estimate of drug-likeness (QED) is 0.264. The van der Waals surface area contributed by atoms with Gasteiger partial charge in [-0.2, -0.15) is 0 Å². The van der Waals surface area contributed by atoms with Crippen LogP contribution < -0.4 is 5.73 Å². The Balaban J connectivity index is 1.75. The van der Waals surface area contributed by atoms with Crippen LogP contribution >= 0.6 is 15.3 Å². The van der Waals surface area contributed by atoms with Crippen LogP contribution in [0.4, 0.5) is 5.82 Å². The lowest BCUT2D eigenvalue weighted by molar-refractivity contribution is -0.0479. The summed E-state index contributed by atoms with van der Waals surface area (Å²) in [5, 5.41) is 20.3. The van der Waals surface area contributed by atoms with E-state index in [1.165, 1.54) is 17.2 Å². The topological polar surface area (TPSA) is 212 Å². The molecule has 1 saturated heterocycles. The van der Waals surface area contributed by atoms with Crippen LogP contribution in [0.15, 0.2) is 12.7 Å². The third-order valence-corrected chi connectivity index (χ3v) is 5.91. The van der Waals surface area contributed by atoms with Gasteiger partial charge in [-0.15, -0.1) is 0 Å². The van der Waals surface area contributed by atoms with Crippen LogP contribution in [0, 0.1) is 0 Å². The highest BCUT2D eigenvalue weighted by atomic mass is 31.3. The van der Waals surface area contributed by atoms with Gasteiger partial charge in [0.1, 0.15) is 30.2 Å². The summed E-state index contributed by atoms with van der Waals surface area (Å²) in [5.74, 6) is 0.102. The average molecular weight is 421 g/mol. The number of aromatic nitrogens is 4. The Kier molecular flexibility index (Phi) is 5.43. The lowest BCUT2D eigenvalue weighted by atomic mass is 10.1. The van der Waals surface area contributed by atoms with Crippen molar-refractivity contribution in [3.05, 3.63) is 12.7 Å². The summed E-state index contributed by atoms with van der Waals surface area (Å²) in [6.45, 7) is -0.688. The summed E-state index contributed by atoms with van der Waals surface area (Å²) in [7, 11) is -4.74. The first-order valence-corrected chi connectivity index (χ1v) is 10.4. The maximum atomic E-state index is 11.7. The predicted molar refractivity (Wildman–Crippen MR) is 88.1 cm³/mol. The standard InChI is InChI=1S/C10H14BN5O9P2/c11-26(19,25-27(20,21)22)23-1-4-6(17)7(18)10(24-4)16-3-15-5-8(12)13-2-14-9(5)16/h2-4,6-7,10,17-18H,1H2,(H2,12,13,14)(H2,20,21,22)/t4-,6-,7-,10-,26-/m1/s1. The molecule has 3 rings (SSSR count). The van der Waals surface area contributed by atoms with Gasteiger partial charge in [0, 0.05) is 0 Å². The molecule has 1 fully saturated rings.